The number of hydrogen-bond acceptors (Lipinski definition) is 4. The predicted octanol–water partition coefficient (Wildman–Crippen LogP) is 2.94. The van der Waals surface area contributed by atoms with Crippen LogP contribution in [0.4, 0.5) is 0 Å². The third-order valence-corrected chi connectivity index (χ3v) is 6.03. The van der Waals surface area contributed by atoms with E-state index in [0.717, 1.165) is 50.4 Å². The Bertz CT molecular complexity index is 731. The molecule has 2 fully saturated rings. The molecule has 3 rings (SSSR count). The van der Waals surface area contributed by atoms with E-state index in [4.69, 9.17) is 14.5 Å². The number of rotatable bonds is 7. The van der Waals surface area contributed by atoms with Crippen LogP contribution in [0.1, 0.15) is 51.0 Å². The van der Waals surface area contributed by atoms with Gasteiger partial charge in [0.1, 0.15) is 0 Å². The minimum absolute atomic E-state index is 0.225. The Labute approximate surface area is 180 Å². The van der Waals surface area contributed by atoms with Gasteiger partial charge in [0.2, 0.25) is 5.91 Å². The summed E-state index contributed by atoms with van der Waals surface area (Å²) in [5.74, 6) is 2.77. The van der Waals surface area contributed by atoms with Crippen molar-refractivity contribution in [1.29, 1.82) is 0 Å². The maximum atomic E-state index is 12.8. The number of ether oxygens (including phenoxy) is 2. The van der Waals surface area contributed by atoms with Gasteiger partial charge in [-0.15, -0.1) is 0 Å². The van der Waals surface area contributed by atoms with Crippen LogP contribution in [0.2, 0.25) is 0 Å². The van der Waals surface area contributed by atoms with Gasteiger partial charge in [0.25, 0.3) is 0 Å². The van der Waals surface area contributed by atoms with E-state index in [0.29, 0.717) is 24.0 Å². The molecule has 1 unspecified atom stereocenters. The smallest absolute Gasteiger partial charge is 0.225 e. The van der Waals surface area contributed by atoms with Crippen molar-refractivity contribution in [2.45, 2.75) is 58.0 Å². The summed E-state index contributed by atoms with van der Waals surface area (Å²) in [5, 5.41) is 6.83. The molecule has 1 aromatic carbocycles. The highest BCUT2D eigenvalue weighted by molar-refractivity contribution is 5.81. The van der Waals surface area contributed by atoms with Gasteiger partial charge in [0.05, 0.1) is 20.8 Å². The minimum Gasteiger partial charge on any atom is -0.493 e. The number of nitrogens with zero attached hydrogens (tertiary/aromatic N) is 2. The summed E-state index contributed by atoms with van der Waals surface area (Å²) in [6.45, 7) is 4.89. The number of nitrogens with one attached hydrogen (secondary N) is 2. The lowest BCUT2D eigenvalue weighted by Crippen LogP contribution is -2.45. The Morgan fingerprint density at radius 2 is 1.97 bits per heavy atom. The molecular weight excluding hydrogens is 380 g/mol. The quantitative estimate of drug-likeness (QED) is 0.528. The van der Waals surface area contributed by atoms with E-state index in [9.17, 15) is 4.79 Å². The molecule has 1 atom stereocenters. The van der Waals surface area contributed by atoms with Crippen molar-refractivity contribution in [3.05, 3.63) is 23.8 Å². The van der Waals surface area contributed by atoms with Gasteiger partial charge < -0.3 is 25.0 Å². The number of guanidine groups is 1. The molecule has 1 saturated heterocycles. The van der Waals surface area contributed by atoms with E-state index in [-0.39, 0.29) is 12.0 Å². The normalized spacial score (nSPS) is 20.2. The first-order valence-electron chi connectivity index (χ1n) is 11.2. The van der Waals surface area contributed by atoms with Gasteiger partial charge in [0, 0.05) is 37.2 Å². The van der Waals surface area contributed by atoms with Crippen LogP contribution in [0.5, 0.6) is 11.5 Å². The van der Waals surface area contributed by atoms with Crippen LogP contribution in [0, 0.1) is 5.92 Å². The summed E-state index contributed by atoms with van der Waals surface area (Å²) < 4.78 is 10.9. The molecule has 2 N–H and O–H groups in total. The fraction of sp³-hybridized carbons (Fsp3) is 0.652. The van der Waals surface area contributed by atoms with Crippen LogP contribution < -0.4 is 20.1 Å². The molecule has 30 heavy (non-hydrogen) atoms. The van der Waals surface area contributed by atoms with Gasteiger partial charge in [-0.1, -0.05) is 31.4 Å². The van der Waals surface area contributed by atoms with E-state index in [2.05, 4.69) is 17.6 Å². The van der Waals surface area contributed by atoms with Gasteiger partial charge in [-0.25, -0.2) is 4.99 Å². The van der Waals surface area contributed by atoms with Crippen LogP contribution >= 0.6 is 0 Å². The Morgan fingerprint density at radius 3 is 2.67 bits per heavy atom. The maximum absolute atomic E-state index is 12.8. The summed E-state index contributed by atoms with van der Waals surface area (Å²) in [4.78, 5) is 19.6. The standard InChI is InChI=1S/C23H36N4O3/c1-4-24-23(25-15-18-11-8-12-20(29-2)21(18)30-3)26-19-13-14-27(16-19)22(28)17-9-6-5-7-10-17/h8,11-12,17,19H,4-7,9-10,13-16H2,1-3H3,(H2,24,25,26). The van der Waals surface area contributed by atoms with E-state index in [1.54, 1.807) is 14.2 Å². The van der Waals surface area contributed by atoms with E-state index >= 15 is 0 Å². The first-order chi connectivity index (χ1) is 14.7. The average molecular weight is 417 g/mol. The highest BCUT2D eigenvalue weighted by atomic mass is 16.5. The monoisotopic (exact) mass is 416 g/mol. The zero-order valence-electron chi connectivity index (χ0n) is 18.6. The van der Waals surface area contributed by atoms with Gasteiger partial charge in [0.15, 0.2) is 17.5 Å². The van der Waals surface area contributed by atoms with Crippen molar-refractivity contribution >= 4 is 11.9 Å². The summed E-state index contributed by atoms with van der Waals surface area (Å²) in [5.41, 5.74) is 0.967. The zero-order valence-corrected chi connectivity index (χ0v) is 18.6. The molecule has 0 bridgehead atoms. The fourth-order valence-electron chi connectivity index (χ4n) is 4.44. The lowest BCUT2D eigenvalue weighted by molar-refractivity contribution is -0.135. The van der Waals surface area contributed by atoms with Crippen molar-refractivity contribution in [3.8, 4) is 11.5 Å². The number of carbonyl (C=O) groups excluding carboxylic acids is 1. The number of para-hydroxylation sites is 1. The molecule has 0 radical (unpaired) electrons. The van der Waals surface area contributed by atoms with Crippen LogP contribution in [-0.2, 0) is 11.3 Å². The predicted molar refractivity (Wildman–Crippen MR) is 119 cm³/mol. The van der Waals surface area contributed by atoms with Crippen LogP contribution in [-0.4, -0.2) is 56.7 Å². The largest absolute Gasteiger partial charge is 0.493 e. The first-order valence-corrected chi connectivity index (χ1v) is 11.2. The van der Waals surface area contributed by atoms with Gasteiger partial charge in [-0.3, -0.25) is 4.79 Å². The third-order valence-electron chi connectivity index (χ3n) is 6.03. The Morgan fingerprint density at radius 1 is 1.17 bits per heavy atom. The van der Waals surface area contributed by atoms with Crippen molar-refractivity contribution < 1.29 is 14.3 Å². The number of likely N-dealkylation sites (tertiary alicyclic amines) is 1. The van der Waals surface area contributed by atoms with E-state index in [1.165, 1.54) is 19.3 Å². The molecule has 166 valence electrons. The Kier molecular flexibility index (Phi) is 8.22. The van der Waals surface area contributed by atoms with Crippen molar-refractivity contribution in [2.75, 3.05) is 33.9 Å². The highest BCUT2D eigenvalue weighted by Gasteiger charge is 2.31. The molecule has 0 spiro atoms. The minimum atomic E-state index is 0.225. The summed E-state index contributed by atoms with van der Waals surface area (Å²) in [7, 11) is 3.28. The molecular formula is C23H36N4O3. The fourth-order valence-corrected chi connectivity index (χ4v) is 4.44. The lowest BCUT2D eigenvalue weighted by atomic mass is 9.88. The molecule has 7 heteroatoms. The summed E-state index contributed by atoms with van der Waals surface area (Å²) >= 11 is 0. The Hall–Kier alpha value is -2.44. The third kappa shape index (κ3) is 5.58. The molecule has 1 aliphatic carbocycles. The van der Waals surface area contributed by atoms with Crippen LogP contribution in [0.15, 0.2) is 23.2 Å². The van der Waals surface area contributed by atoms with E-state index in [1.807, 2.05) is 23.1 Å². The SMILES string of the molecule is CCNC(=NCc1cccc(OC)c1OC)NC1CCN(C(=O)C2CCCCC2)C1. The zero-order chi connectivity index (χ0) is 21.3. The first kappa shape index (κ1) is 22.2. The van der Waals surface area contributed by atoms with Crippen molar-refractivity contribution in [3.63, 3.8) is 0 Å². The lowest BCUT2D eigenvalue weighted by Gasteiger charge is -2.26. The number of aliphatic imine (C=N–C) groups is 1. The van der Waals surface area contributed by atoms with Gasteiger partial charge in [-0.05, 0) is 32.3 Å². The second kappa shape index (κ2) is 11.1. The average Bonchev–Trinajstić information content (AvgIpc) is 3.25. The second-order valence-corrected chi connectivity index (χ2v) is 8.10. The Balaban J connectivity index is 1.60. The number of methoxy groups -OCH3 is 2. The number of amides is 1. The van der Waals surface area contributed by atoms with Crippen LogP contribution in [0.25, 0.3) is 0 Å². The molecule has 1 amide bonds. The molecule has 1 aliphatic heterocycles. The second-order valence-electron chi connectivity index (χ2n) is 8.10. The molecule has 1 heterocycles. The van der Waals surface area contributed by atoms with Gasteiger partial charge >= 0.3 is 0 Å². The topological polar surface area (TPSA) is 75.2 Å². The molecule has 1 aromatic rings. The number of hydrogen-bond donors (Lipinski definition) is 2. The molecule has 0 aromatic heterocycles. The molecule has 2 aliphatic rings. The molecule has 7 nitrogen and oxygen atoms in total. The van der Waals surface area contributed by atoms with Gasteiger partial charge in [-0.2, -0.15) is 0 Å². The number of benzene rings is 1. The summed E-state index contributed by atoms with van der Waals surface area (Å²) in [6.07, 6.45) is 6.72. The van der Waals surface area contributed by atoms with Crippen molar-refractivity contribution in [1.82, 2.24) is 15.5 Å². The maximum Gasteiger partial charge on any atom is 0.225 e. The van der Waals surface area contributed by atoms with E-state index < -0.39 is 0 Å². The summed E-state index contributed by atoms with van der Waals surface area (Å²) in [6, 6.07) is 6.04. The van der Waals surface area contributed by atoms with Crippen molar-refractivity contribution in [2.24, 2.45) is 10.9 Å². The number of carbonyl (C=O) groups is 1. The molecule has 1 saturated carbocycles. The highest BCUT2D eigenvalue weighted by Crippen LogP contribution is 2.31. The van der Waals surface area contributed by atoms with Crippen LogP contribution in [0.3, 0.4) is 0 Å².